The van der Waals surface area contributed by atoms with Crippen molar-refractivity contribution in [2.24, 2.45) is 0 Å². The fourth-order valence-corrected chi connectivity index (χ4v) is 4.63. The molecule has 31 heavy (non-hydrogen) atoms. The summed E-state index contributed by atoms with van der Waals surface area (Å²) in [6.07, 6.45) is 1.03. The maximum Gasteiger partial charge on any atom is 0.327 e. The molecule has 1 aromatic carbocycles. The van der Waals surface area contributed by atoms with Gasteiger partial charge in [-0.1, -0.05) is 30.3 Å². The number of likely N-dealkylation sites (N-methyl/N-ethyl adjacent to an activating group) is 1. The summed E-state index contributed by atoms with van der Waals surface area (Å²) in [5.74, 6) is 0.559. The summed E-state index contributed by atoms with van der Waals surface area (Å²) in [6, 6.07) is 13.7. The number of benzene rings is 1. The predicted molar refractivity (Wildman–Crippen MR) is 117 cm³/mol. The third kappa shape index (κ3) is 3.42. The molecule has 0 radical (unpaired) electrons. The lowest BCUT2D eigenvalue weighted by atomic mass is 9.85. The highest BCUT2D eigenvalue weighted by atomic mass is 16.2. The number of nitrogens with zero attached hydrogens (tertiary/aromatic N) is 5. The highest BCUT2D eigenvalue weighted by Gasteiger charge is 2.57. The van der Waals surface area contributed by atoms with Crippen LogP contribution in [-0.2, 0) is 11.3 Å². The molecule has 160 valence electrons. The van der Waals surface area contributed by atoms with Crippen molar-refractivity contribution in [2.45, 2.75) is 45.7 Å². The Morgan fingerprint density at radius 1 is 1.13 bits per heavy atom. The van der Waals surface area contributed by atoms with E-state index in [1.165, 1.54) is 4.90 Å². The fraction of sp³-hybridized carbons (Fsp3) is 0.417. The Labute approximate surface area is 182 Å². The first-order chi connectivity index (χ1) is 14.9. The van der Waals surface area contributed by atoms with Gasteiger partial charge in [0.15, 0.2) is 0 Å². The molecule has 1 spiro atoms. The molecule has 2 fully saturated rings. The number of carbonyl (C=O) groups excluding carboxylic acids is 2. The second-order valence-corrected chi connectivity index (χ2v) is 8.30. The third-order valence-electron chi connectivity index (χ3n) is 6.58. The second kappa shape index (κ2) is 8.03. The van der Waals surface area contributed by atoms with E-state index in [0.29, 0.717) is 50.4 Å². The quantitative estimate of drug-likeness (QED) is 0.713. The minimum Gasteiger partial charge on any atom is -0.355 e. The minimum atomic E-state index is -0.841. The van der Waals surface area contributed by atoms with Crippen LogP contribution in [0.3, 0.4) is 0 Å². The zero-order valence-corrected chi connectivity index (χ0v) is 18.3. The van der Waals surface area contributed by atoms with Crippen LogP contribution in [0.4, 0.5) is 10.6 Å². The lowest BCUT2D eigenvalue weighted by Crippen LogP contribution is -2.56. The van der Waals surface area contributed by atoms with Crippen molar-refractivity contribution in [2.75, 3.05) is 24.5 Å². The number of aromatic nitrogens is 1. The average Bonchev–Trinajstić information content (AvgIpc) is 2.97. The minimum absolute atomic E-state index is 0.107. The molecule has 0 N–H and O–H groups in total. The van der Waals surface area contributed by atoms with E-state index in [0.717, 1.165) is 16.8 Å². The zero-order chi connectivity index (χ0) is 22.2. The van der Waals surface area contributed by atoms with Crippen LogP contribution in [0.5, 0.6) is 0 Å². The van der Waals surface area contributed by atoms with Gasteiger partial charge >= 0.3 is 6.03 Å². The Morgan fingerprint density at radius 2 is 1.81 bits per heavy atom. The first kappa shape index (κ1) is 20.9. The molecule has 2 saturated heterocycles. The SMILES string of the molecule is CCN1C(=O)N(Cc2ccccc2)C2(CCN(c3nc(C)c(C)cc3C#N)CC2)C1=O. The third-order valence-corrected chi connectivity index (χ3v) is 6.58. The molecule has 0 saturated carbocycles. The van der Waals surface area contributed by atoms with Crippen LogP contribution < -0.4 is 4.90 Å². The van der Waals surface area contributed by atoms with Gasteiger partial charge in [-0.2, -0.15) is 5.26 Å². The smallest absolute Gasteiger partial charge is 0.327 e. The summed E-state index contributed by atoms with van der Waals surface area (Å²) in [5, 5.41) is 9.59. The topological polar surface area (TPSA) is 80.5 Å². The zero-order valence-electron chi connectivity index (χ0n) is 18.3. The number of anilines is 1. The van der Waals surface area contributed by atoms with Gasteiger partial charge < -0.3 is 9.80 Å². The molecule has 7 nitrogen and oxygen atoms in total. The molecule has 3 amide bonds. The Kier molecular flexibility index (Phi) is 5.40. The highest BCUT2D eigenvalue weighted by molar-refractivity contribution is 6.07. The molecule has 0 unspecified atom stereocenters. The second-order valence-electron chi connectivity index (χ2n) is 8.30. The van der Waals surface area contributed by atoms with E-state index in [1.807, 2.05) is 57.2 Å². The van der Waals surface area contributed by atoms with Crippen LogP contribution in [-0.4, -0.2) is 51.9 Å². The van der Waals surface area contributed by atoms with Crippen molar-refractivity contribution in [1.82, 2.24) is 14.8 Å². The van der Waals surface area contributed by atoms with Crippen LogP contribution in [0.25, 0.3) is 0 Å². The van der Waals surface area contributed by atoms with Crippen LogP contribution in [0.1, 0.15) is 42.1 Å². The van der Waals surface area contributed by atoms with Crippen molar-refractivity contribution < 1.29 is 9.59 Å². The standard InChI is InChI=1S/C24H27N5O2/c1-4-28-22(30)24(29(23(28)31)16-19-8-6-5-7-9-19)10-12-27(13-11-24)21-20(15-25)14-17(2)18(3)26-21/h5-9,14H,4,10-13,16H2,1-3H3. The molecule has 0 atom stereocenters. The van der Waals surface area contributed by atoms with Gasteiger partial charge in [-0.3, -0.25) is 9.69 Å². The average molecular weight is 418 g/mol. The summed E-state index contributed by atoms with van der Waals surface area (Å²) in [6.45, 7) is 7.62. The van der Waals surface area contributed by atoms with E-state index in [4.69, 9.17) is 0 Å². The summed E-state index contributed by atoms with van der Waals surface area (Å²) in [7, 11) is 0. The van der Waals surface area contributed by atoms with Crippen LogP contribution in [0.15, 0.2) is 36.4 Å². The van der Waals surface area contributed by atoms with E-state index in [-0.39, 0.29) is 11.9 Å². The molecular formula is C24H27N5O2. The monoisotopic (exact) mass is 417 g/mol. The lowest BCUT2D eigenvalue weighted by molar-refractivity contribution is -0.134. The van der Waals surface area contributed by atoms with Crippen molar-refractivity contribution in [3.63, 3.8) is 0 Å². The Bertz CT molecular complexity index is 1050. The number of nitriles is 1. The molecule has 4 rings (SSSR count). The van der Waals surface area contributed by atoms with E-state index in [9.17, 15) is 14.9 Å². The fourth-order valence-electron chi connectivity index (χ4n) is 4.63. The van der Waals surface area contributed by atoms with E-state index < -0.39 is 5.54 Å². The van der Waals surface area contributed by atoms with Gasteiger partial charge in [0.1, 0.15) is 17.4 Å². The van der Waals surface area contributed by atoms with Gasteiger partial charge in [0.05, 0.1) is 5.56 Å². The normalized spacial score (nSPS) is 18.1. The number of urea groups is 1. The Morgan fingerprint density at radius 3 is 2.42 bits per heavy atom. The number of hydrogen-bond acceptors (Lipinski definition) is 5. The van der Waals surface area contributed by atoms with Crippen LogP contribution >= 0.6 is 0 Å². The first-order valence-corrected chi connectivity index (χ1v) is 10.7. The summed E-state index contributed by atoms with van der Waals surface area (Å²) >= 11 is 0. The lowest BCUT2D eigenvalue weighted by Gasteiger charge is -2.42. The Hall–Kier alpha value is -3.40. The largest absolute Gasteiger partial charge is 0.355 e. The molecule has 2 aliphatic heterocycles. The van der Waals surface area contributed by atoms with Crippen molar-refractivity contribution >= 4 is 17.8 Å². The number of imide groups is 1. The summed E-state index contributed by atoms with van der Waals surface area (Å²) < 4.78 is 0. The van der Waals surface area contributed by atoms with Gasteiger partial charge in [0, 0.05) is 31.9 Å². The molecular weight excluding hydrogens is 390 g/mol. The maximum atomic E-state index is 13.4. The molecule has 2 aromatic rings. The molecule has 1 aromatic heterocycles. The van der Waals surface area contributed by atoms with Crippen LogP contribution in [0, 0.1) is 25.2 Å². The highest BCUT2D eigenvalue weighted by Crippen LogP contribution is 2.39. The van der Waals surface area contributed by atoms with E-state index in [2.05, 4.69) is 16.0 Å². The van der Waals surface area contributed by atoms with Gasteiger partial charge in [-0.15, -0.1) is 0 Å². The number of pyridine rings is 1. The summed E-state index contributed by atoms with van der Waals surface area (Å²) in [5.41, 5.74) is 2.59. The summed E-state index contributed by atoms with van der Waals surface area (Å²) in [4.78, 5) is 36.3. The molecule has 0 aliphatic carbocycles. The van der Waals surface area contributed by atoms with E-state index >= 15 is 0 Å². The number of hydrogen-bond donors (Lipinski definition) is 0. The number of piperidine rings is 1. The van der Waals surface area contributed by atoms with E-state index in [1.54, 1.807) is 4.90 Å². The molecule has 3 heterocycles. The molecule has 2 aliphatic rings. The van der Waals surface area contributed by atoms with Gasteiger partial charge in [0.25, 0.3) is 5.91 Å². The predicted octanol–water partition coefficient (Wildman–Crippen LogP) is 3.39. The molecule has 7 heteroatoms. The number of rotatable bonds is 4. The van der Waals surface area contributed by atoms with Crippen molar-refractivity contribution in [1.29, 1.82) is 5.26 Å². The van der Waals surface area contributed by atoms with Crippen molar-refractivity contribution in [3.05, 3.63) is 58.8 Å². The Balaban J connectivity index is 1.63. The first-order valence-electron chi connectivity index (χ1n) is 10.7. The van der Waals surface area contributed by atoms with Crippen LogP contribution in [0.2, 0.25) is 0 Å². The molecule has 0 bridgehead atoms. The van der Waals surface area contributed by atoms with Crippen molar-refractivity contribution in [3.8, 4) is 6.07 Å². The number of aryl methyl sites for hydroxylation is 2. The van der Waals surface area contributed by atoms with Gasteiger partial charge in [-0.05, 0) is 50.8 Å². The number of amides is 3. The van der Waals surface area contributed by atoms with Gasteiger partial charge in [0.2, 0.25) is 0 Å². The number of carbonyl (C=O) groups is 2. The van der Waals surface area contributed by atoms with Gasteiger partial charge in [-0.25, -0.2) is 9.78 Å². The maximum absolute atomic E-state index is 13.4.